The number of alkyl halides is 1. The first-order valence-corrected chi connectivity index (χ1v) is 5.23. The number of ether oxygens (including phenoxy) is 2. The highest BCUT2D eigenvalue weighted by atomic mass is 79.9. The lowest BCUT2D eigenvalue weighted by molar-refractivity contribution is -0.131. The number of aldehydes is 1. The zero-order valence-electron chi connectivity index (χ0n) is 8.03. The lowest BCUT2D eigenvalue weighted by Gasteiger charge is -2.08. The molecule has 0 radical (unpaired) electrons. The summed E-state index contributed by atoms with van der Waals surface area (Å²) < 4.78 is 9.94. The molecule has 0 unspecified atom stereocenters. The Bertz CT molecular complexity index is 376. The molecule has 80 valence electrons. The van der Waals surface area contributed by atoms with E-state index in [9.17, 15) is 9.59 Å². The summed E-state index contributed by atoms with van der Waals surface area (Å²) in [6, 6.07) is 4.57. The molecule has 4 nitrogen and oxygen atoms in total. The minimum atomic E-state index is -0.424. The van der Waals surface area contributed by atoms with Gasteiger partial charge in [0.15, 0.2) is 11.5 Å². The Morgan fingerprint density at radius 3 is 2.73 bits per heavy atom. The number of rotatable bonds is 4. The first-order valence-electron chi connectivity index (χ1n) is 4.11. The third-order valence-electron chi connectivity index (χ3n) is 1.66. The van der Waals surface area contributed by atoms with E-state index in [0.29, 0.717) is 23.3 Å². The first kappa shape index (κ1) is 11.7. The monoisotopic (exact) mass is 272 g/mol. The third-order valence-corrected chi connectivity index (χ3v) is 2.11. The molecule has 0 atom stereocenters. The van der Waals surface area contributed by atoms with Crippen LogP contribution in [0, 0.1) is 0 Å². The Hall–Kier alpha value is -1.36. The van der Waals surface area contributed by atoms with Crippen molar-refractivity contribution >= 4 is 28.2 Å². The molecular formula is C10H9BrO4. The van der Waals surface area contributed by atoms with Crippen LogP contribution in [0.4, 0.5) is 0 Å². The van der Waals surface area contributed by atoms with Gasteiger partial charge < -0.3 is 9.47 Å². The van der Waals surface area contributed by atoms with Gasteiger partial charge in [-0.15, -0.1) is 0 Å². The van der Waals surface area contributed by atoms with Crippen LogP contribution in [-0.2, 0) is 4.79 Å². The standard InChI is InChI=1S/C10H9BrO4/c1-14-9-4-7(6-12)2-3-8(9)15-10(13)5-11/h2-4,6H,5H2,1H3. The zero-order chi connectivity index (χ0) is 11.3. The van der Waals surface area contributed by atoms with Crippen molar-refractivity contribution in [1.82, 2.24) is 0 Å². The Morgan fingerprint density at radius 2 is 2.20 bits per heavy atom. The molecule has 1 rings (SSSR count). The topological polar surface area (TPSA) is 52.6 Å². The van der Waals surface area contributed by atoms with Gasteiger partial charge in [-0.05, 0) is 18.2 Å². The van der Waals surface area contributed by atoms with Crippen molar-refractivity contribution in [2.24, 2.45) is 0 Å². The van der Waals surface area contributed by atoms with Gasteiger partial charge in [0.05, 0.1) is 7.11 Å². The summed E-state index contributed by atoms with van der Waals surface area (Å²) in [6.07, 6.45) is 0.693. The summed E-state index contributed by atoms with van der Waals surface area (Å²) in [7, 11) is 1.44. The van der Waals surface area contributed by atoms with Crippen LogP contribution >= 0.6 is 15.9 Å². The number of hydrogen-bond acceptors (Lipinski definition) is 4. The lowest BCUT2D eigenvalue weighted by Crippen LogP contribution is -2.09. The van der Waals surface area contributed by atoms with Crippen molar-refractivity contribution in [3.05, 3.63) is 23.8 Å². The molecule has 0 spiro atoms. The average molecular weight is 273 g/mol. The second-order valence-corrected chi connectivity index (χ2v) is 3.20. The highest BCUT2D eigenvalue weighted by molar-refractivity contribution is 9.09. The van der Waals surface area contributed by atoms with Crippen molar-refractivity contribution < 1.29 is 19.1 Å². The minimum Gasteiger partial charge on any atom is -0.493 e. The van der Waals surface area contributed by atoms with Crippen molar-refractivity contribution in [2.75, 3.05) is 12.4 Å². The molecule has 1 aromatic rings. The second kappa shape index (κ2) is 5.50. The van der Waals surface area contributed by atoms with Crippen LogP contribution in [0.2, 0.25) is 0 Å². The Morgan fingerprint density at radius 1 is 1.47 bits per heavy atom. The van der Waals surface area contributed by atoms with Crippen LogP contribution in [0.3, 0.4) is 0 Å². The predicted molar refractivity (Wildman–Crippen MR) is 57.8 cm³/mol. The quantitative estimate of drug-likeness (QED) is 0.363. The molecule has 0 aromatic heterocycles. The van der Waals surface area contributed by atoms with E-state index in [1.165, 1.54) is 19.2 Å². The van der Waals surface area contributed by atoms with Crippen LogP contribution in [0.5, 0.6) is 11.5 Å². The van der Waals surface area contributed by atoms with E-state index in [-0.39, 0.29) is 5.33 Å². The van der Waals surface area contributed by atoms with E-state index < -0.39 is 5.97 Å². The van der Waals surface area contributed by atoms with Crippen molar-refractivity contribution in [3.8, 4) is 11.5 Å². The third kappa shape index (κ3) is 3.06. The molecule has 0 saturated carbocycles. The molecule has 15 heavy (non-hydrogen) atoms. The molecule has 0 heterocycles. The zero-order valence-corrected chi connectivity index (χ0v) is 9.61. The summed E-state index contributed by atoms with van der Waals surface area (Å²) in [6.45, 7) is 0. The van der Waals surface area contributed by atoms with Crippen LogP contribution in [-0.4, -0.2) is 24.7 Å². The van der Waals surface area contributed by atoms with Gasteiger partial charge in [0, 0.05) is 5.56 Å². The molecule has 0 aliphatic heterocycles. The molecule has 0 aliphatic carbocycles. The van der Waals surface area contributed by atoms with E-state index in [1.807, 2.05) is 0 Å². The van der Waals surface area contributed by atoms with Gasteiger partial charge in [-0.2, -0.15) is 0 Å². The lowest BCUT2D eigenvalue weighted by atomic mass is 10.2. The fourth-order valence-electron chi connectivity index (χ4n) is 0.992. The van der Waals surface area contributed by atoms with E-state index in [1.54, 1.807) is 6.07 Å². The van der Waals surface area contributed by atoms with Crippen molar-refractivity contribution in [2.45, 2.75) is 0 Å². The molecule has 0 N–H and O–H groups in total. The van der Waals surface area contributed by atoms with Crippen LogP contribution < -0.4 is 9.47 Å². The molecule has 0 bridgehead atoms. The maximum Gasteiger partial charge on any atom is 0.322 e. The number of carbonyl (C=O) groups is 2. The van der Waals surface area contributed by atoms with Gasteiger partial charge in [0.25, 0.3) is 0 Å². The van der Waals surface area contributed by atoms with E-state index in [4.69, 9.17) is 9.47 Å². The van der Waals surface area contributed by atoms with Gasteiger partial charge in [-0.3, -0.25) is 9.59 Å². The van der Waals surface area contributed by atoms with Gasteiger partial charge in [-0.25, -0.2) is 0 Å². The van der Waals surface area contributed by atoms with E-state index in [2.05, 4.69) is 15.9 Å². The molecule has 1 aromatic carbocycles. The number of benzene rings is 1. The van der Waals surface area contributed by atoms with Gasteiger partial charge in [0.2, 0.25) is 0 Å². The average Bonchev–Trinajstić information content (AvgIpc) is 2.29. The first-order chi connectivity index (χ1) is 7.21. The van der Waals surface area contributed by atoms with Gasteiger partial charge in [0.1, 0.15) is 11.6 Å². The summed E-state index contributed by atoms with van der Waals surface area (Å²) in [5.41, 5.74) is 0.463. The summed E-state index contributed by atoms with van der Waals surface area (Å²) >= 11 is 2.98. The van der Waals surface area contributed by atoms with Gasteiger partial charge >= 0.3 is 5.97 Å². The molecule has 0 saturated heterocycles. The SMILES string of the molecule is COc1cc(C=O)ccc1OC(=O)CBr. The van der Waals surface area contributed by atoms with Crippen molar-refractivity contribution in [1.29, 1.82) is 0 Å². The largest absolute Gasteiger partial charge is 0.493 e. The number of halogens is 1. The number of methoxy groups -OCH3 is 1. The van der Waals surface area contributed by atoms with Crippen molar-refractivity contribution in [3.63, 3.8) is 0 Å². The van der Waals surface area contributed by atoms with Crippen LogP contribution in [0.25, 0.3) is 0 Å². The second-order valence-electron chi connectivity index (χ2n) is 2.64. The normalized spacial score (nSPS) is 9.47. The predicted octanol–water partition coefficient (Wildman–Crippen LogP) is 1.81. The highest BCUT2D eigenvalue weighted by Gasteiger charge is 2.09. The Labute approximate surface area is 95.3 Å². The Balaban J connectivity index is 2.97. The summed E-state index contributed by atoms with van der Waals surface area (Å²) in [4.78, 5) is 21.5. The summed E-state index contributed by atoms with van der Waals surface area (Å²) in [5, 5.41) is 0.103. The Kier molecular flexibility index (Phi) is 4.30. The minimum absolute atomic E-state index is 0.103. The highest BCUT2D eigenvalue weighted by Crippen LogP contribution is 2.27. The molecule has 0 aliphatic rings. The van der Waals surface area contributed by atoms with Crippen LogP contribution in [0.1, 0.15) is 10.4 Å². The maximum absolute atomic E-state index is 11.0. The molecule has 0 fully saturated rings. The molecular weight excluding hydrogens is 264 g/mol. The molecule has 0 amide bonds. The van der Waals surface area contributed by atoms with E-state index >= 15 is 0 Å². The maximum atomic E-state index is 11.0. The number of carbonyl (C=O) groups excluding carboxylic acids is 2. The fraction of sp³-hybridized carbons (Fsp3) is 0.200. The molecule has 5 heteroatoms. The number of hydrogen-bond donors (Lipinski definition) is 0. The van der Waals surface area contributed by atoms with E-state index in [0.717, 1.165) is 0 Å². The number of esters is 1. The fourth-order valence-corrected chi connectivity index (χ4v) is 1.11. The summed E-state index contributed by atoms with van der Waals surface area (Å²) in [5.74, 6) is 0.230. The van der Waals surface area contributed by atoms with Gasteiger partial charge in [-0.1, -0.05) is 15.9 Å². The smallest absolute Gasteiger partial charge is 0.322 e. The van der Waals surface area contributed by atoms with Crippen LogP contribution in [0.15, 0.2) is 18.2 Å².